The van der Waals surface area contributed by atoms with Gasteiger partial charge in [0.15, 0.2) is 6.61 Å². The molecule has 0 bridgehead atoms. The minimum absolute atomic E-state index is 0.159. The number of nitrogens with one attached hydrogen (secondary N) is 2. The van der Waals surface area contributed by atoms with E-state index in [4.69, 9.17) is 27.9 Å². The highest BCUT2D eigenvalue weighted by Gasteiger charge is 2.07. The molecule has 1 aromatic heterocycles. The van der Waals surface area contributed by atoms with Crippen molar-refractivity contribution in [2.75, 3.05) is 17.2 Å². The highest BCUT2D eigenvalue weighted by molar-refractivity contribution is 6.35. The zero-order chi connectivity index (χ0) is 16.8. The Bertz CT molecular complexity index is 676. The normalized spacial score (nSPS) is 10.5. The zero-order valence-electron chi connectivity index (χ0n) is 12.8. The molecule has 0 spiro atoms. The van der Waals surface area contributed by atoms with Crippen molar-refractivity contribution in [3.63, 3.8) is 0 Å². The van der Waals surface area contributed by atoms with Gasteiger partial charge >= 0.3 is 0 Å². The summed E-state index contributed by atoms with van der Waals surface area (Å²) in [6, 6.07) is 8.68. The minimum Gasteiger partial charge on any atom is -0.482 e. The number of amides is 1. The molecule has 0 aliphatic carbocycles. The summed E-state index contributed by atoms with van der Waals surface area (Å²) in [4.78, 5) is 16.1. The van der Waals surface area contributed by atoms with Crippen molar-refractivity contribution in [2.24, 2.45) is 0 Å². The van der Waals surface area contributed by atoms with Crippen LogP contribution in [0.3, 0.4) is 0 Å². The number of anilines is 2. The van der Waals surface area contributed by atoms with Crippen LogP contribution in [-0.2, 0) is 4.79 Å². The second-order valence-electron chi connectivity index (χ2n) is 5.14. The molecule has 7 heteroatoms. The molecular formula is C16H17Cl2N3O2. The molecule has 0 saturated carbocycles. The molecule has 0 saturated heterocycles. The van der Waals surface area contributed by atoms with E-state index in [1.54, 1.807) is 36.5 Å². The van der Waals surface area contributed by atoms with E-state index in [1.807, 2.05) is 13.8 Å². The van der Waals surface area contributed by atoms with Crippen LogP contribution in [0.4, 0.5) is 11.5 Å². The standard InChI is InChI=1S/C16H17Cl2N3O2/c1-10(2)20-15-6-4-12(8-19-15)21-16(22)9-23-14-5-3-11(17)7-13(14)18/h3-8,10H,9H2,1-2H3,(H,19,20)(H,21,22). The molecule has 2 aromatic rings. The smallest absolute Gasteiger partial charge is 0.262 e. The lowest BCUT2D eigenvalue weighted by atomic mass is 10.3. The van der Waals surface area contributed by atoms with Crippen LogP contribution in [0.2, 0.25) is 10.0 Å². The van der Waals surface area contributed by atoms with Gasteiger partial charge in [-0.05, 0) is 44.2 Å². The lowest BCUT2D eigenvalue weighted by Gasteiger charge is -2.11. The third kappa shape index (κ3) is 5.62. The van der Waals surface area contributed by atoms with Gasteiger partial charge in [0.25, 0.3) is 5.91 Å². The predicted octanol–water partition coefficient (Wildman–Crippen LogP) is 4.23. The largest absolute Gasteiger partial charge is 0.482 e. The maximum atomic E-state index is 11.9. The van der Waals surface area contributed by atoms with Gasteiger partial charge in [-0.25, -0.2) is 4.98 Å². The molecule has 0 aliphatic heterocycles. The molecule has 2 rings (SSSR count). The Morgan fingerprint density at radius 3 is 2.65 bits per heavy atom. The van der Waals surface area contributed by atoms with Gasteiger partial charge in [-0.2, -0.15) is 0 Å². The highest BCUT2D eigenvalue weighted by Crippen LogP contribution is 2.27. The van der Waals surface area contributed by atoms with Crippen LogP contribution in [0.5, 0.6) is 5.75 Å². The summed E-state index contributed by atoms with van der Waals surface area (Å²) in [7, 11) is 0. The average Bonchev–Trinajstić information content (AvgIpc) is 2.48. The van der Waals surface area contributed by atoms with Crippen LogP contribution in [-0.4, -0.2) is 23.5 Å². The summed E-state index contributed by atoms with van der Waals surface area (Å²) in [6.07, 6.45) is 1.58. The maximum absolute atomic E-state index is 11.9. The van der Waals surface area contributed by atoms with Gasteiger partial charge in [-0.3, -0.25) is 4.79 Å². The predicted molar refractivity (Wildman–Crippen MR) is 93.6 cm³/mol. The first-order valence-electron chi connectivity index (χ1n) is 7.04. The van der Waals surface area contributed by atoms with E-state index in [0.717, 1.165) is 5.82 Å². The van der Waals surface area contributed by atoms with Crippen molar-refractivity contribution in [3.8, 4) is 5.75 Å². The lowest BCUT2D eigenvalue weighted by Crippen LogP contribution is -2.20. The topological polar surface area (TPSA) is 63.2 Å². The van der Waals surface area contributed by atoms with Gasteiger partial charge in [-0.15, -0.1) is 0 Å². The highest BCUT2D eigenvalue weighted by atomic mass is 35.5. The van der Waals surface area contributed by atoms with Gasteiger partial charge in [0.05, 0.1) is 16.9 Å². The van der Waals surface area contributed by atoms with Crippen molar-refractivity contribution < 1.29 is 9.53 Å². The van der Waals surface area contributed by atoms with Gasteiger partial charge in [-0.1, -0.05) is 23.2 Å². The van der Waals surface area contributed by atoms with Crippen LogP contribution < -0.4 is 15.4 Å². The number of nitrogens with zero attached hydrogens (tertiary/aromatic N) is 1. The first-order chi connectivity index (χ1) is 10.9. The zero-order valence-corrected chi connectivity index (χ0v) is 14.3. The fourth-order valence-corrected chi connectivity index (χ4v) is 2.24. The molecule has 2 N–H and O–H groups in total. The van der Waals surface area contributed by atoms with Crippen LogP contribution in [0.25, 0.3) is 0 Å². The summed E-state index contributed by atoms with van der Waals surface area (Å²) in [6.45, 7) is 3.89. The van der Waals surface area contributed by atoms with Crippen LogP contribution in [0.1, 0.15) is 13.8 Å². The molecule has 1 amide bonds. The molecule has 0 atom stereocenters. The fourth-order valence-electron chi connectivity index (χ4n) is 1.78. The molecular weight excluding hydrogens is 337 g/mol. The van der Waals surface area contributed by atoms with E-state index in [2.05, 4.69) is 15.6 Å². The minimum atomic E-state index is -0.303. The Morgan fingerprint density at radius 2 is 2.04 bits per heavy atom. The van der Waals surface area contributed by atoms with E-state index in [1.165, 1.54) is 0 Å². The summed E-state index contributed by atoms with van der Waals surface area (Å²) in [5.74, 6) is 0.852. The molecule has 1 aromatic carbocycles. The number of ether oxygens (including phenoxy) is 1. The van der Waals surface area contributed by atoms with Crippen LogP contribution >= 0.6 is 23.2 Å². The third-order valence-electron chi connectivity index (χ3n) is 2.74. The number of carbonyl (C=O) groups excluding carboxylic acids is 1. The summed E-state index contributed by atoms with van der Waals surface area (Å²) >= 11 is 11.8. The number of aromatic nitrogens is 1. The molecule has 0 unspecified atom stereocenters. The first-order valence-corrected chi connectivity index (χ1v) is 7.80. The van der Waals surface area contributed by atoms with E-state index < -0.39 is 0 Å². The third-order valence-corrected chi connectivity index (χ3v) is 3.27. The van der Waals surface area contributed by atoms with Crippen LogP contribution in [0, 0.1) is 0 Å². The number of hydrogen-bond donors (Lipinski definition) is 2. The summed E-state index contributed by atoms with van der Waals surface area (Å²) in [5.41, 5.74) is 0.593. The molecule has 0 aliphatic rings. The SMILES string of the molecule is CC(C)Nc1ccc(NC(=O)COc2ccc(Cl)cc2Cl)cn1. The molecule has 23 heavy (non-hydrogen) atoms. The molecule has 0 fully saturated rings. The quantitative estimate of drug-likeness (QED) is 0.815. The van der Waals surface area contributed by atoms with E-state index >= 15 is 0 Å². The van der Waals surface area contributed by atoms with Gasteiger partial charge < -0.3 is 15.4 Å². The van der Waals surface area contributed by atoms with Crippen LogP contribution in [0.15, 0.2) is 36.5 Å². The Hall–Kier alpha value is -1.98. The average molecular weight is 354 g/mol. The Morgan fingerprint density at radius 1 is 1.26 bits per heavy atom. The summed E-state index contributed by atoms with van der Waals surface area (Å²) < 4.78 is 5.37. The number of hydrogen-bond acceptors (Lipinski definition) is 4. The summed E-state index contributed by atoms with van der Waals surface area (Å²) in [5, 5.41) is 6.73. The molecule has 122 valence electrons. The number of pyridine rings is 1. The Labute approximate surface area is 145 Å². The van der Waals surface area contributed by atoms with E-state index in [-0.39, 0.29) is 12.5 Å². The number of rotatable bonds is 6. The molecule has 0 radical (unpaired) electrons. The van der Waals surface area contributed by atoms with Gasteiger partial charge in [0.2, 0.25) is 0 Å². The molecule has 1 heterocycles. The maximum Gasteiger partial charge on any atom is 0.262 e. The van der Waals surface area contributed by atoms with Crippen molar-refractivity contribution in [1.82, 2.24) is 4.98 Å². The Balaban J connectivity index is 1.87. The Kier molecular flexibility index (Phi) is 6.07. The lowest BCUT2D eigenvalue weighted by molar-refractivity contribution is -0.118. The van der Waals surface area contributed by atoms with Crippen molar-refractivity contribution in [3.05, 3.63) is 46.6 Å². The van der Waals surface area contributed by atoms with E-state index in [0.29, 0.717) is 27.5 Å². The fraction of sp³-hybridized carbons (Fsp3) is 0.250. The first kappa shape index (κ1) is 17.4. The van der Waals surface area contributed by atoms with Crippen molar-refractivity contribution in [1.29, 1.82) is 0 Å². The number of halogens is 2. The second kappa shape index (κ2) is 8.04. The van der Waals surface area contributed by atoms with Crippen molar-refractivity contribution >= 4 is 40.6 Å². The second-order valence-corrected chi connectivity index (χ2v) is 5.99. The number of benzene rings is 1. The van der Waals surface area contributed by atoms with E-state index in [9.17, 15) is 4.79 Å². The molecule has 5 nitrogen and oxygen atoms in total. The van der Waals surface area contributed by atoms with Crippen molar-refractivity contribution in [2.45, 2.75) is 19.9 Å². The van der Waals surface area contributed by atoms with Gasteiger partial charge in [0, 0.05) is 11.1 Å². The number of carbonyl (C=O) groups is 1. The monoisotopic (exact) mass is 353 g/mol. The van der Waals surface area contributed by atoms with Gasteiger partial charge in [0.1, 0.15) is 11.6 Å².